The van der Waals surface area contributed by atoms with Gasteiger partial charge in [-0.05, 0) is 80.8 Å². The lowest BCUT2D eigenvalue weighted by Crippen LogP contribution is -2.55. The number of hydrogen-bond donors (Lipinski definition) is 2. The number of rotatable bonds is 5. The minimum atomic E-state index is -0.0504. The van der Waals surface area contributed by atoms with Crippen LogP contribution in [0.5, 0.6) is 5.75 Å². The molecule has 3 aliphatic rings. The molecule has 4 atom stereocenters. The van der Waals surface area contributed by atoms with E-state index in [4.69, 9.17) is 4.74 Å². The highest BCUT2D eigenvalue weighted by Crippen LogP contribution is 2.43. The van der Waals surface area contributed by atoms with Crippen molar-refractivity contribution in [3.63, 3.8) is 0 Å². The van der Waals surface area contributed by atoms with Crippen LogP contribution in [0.2, 0.25) is 0 Å². The Balaban J connectivity index is 1.48. The Hall–Kier alpha value is -2.37. The molecule has 2 N–H and O–H groups in total. The van der Waals surface area contributed by atoms with Crippen LogP contribution >= 0.6 is 0 Å². The van der Waals surface area contributed by atoms with Crippen molar-refractivity contribution in [2.75, 3.05) is 26.2 Å². The van der Waals surface area contributed by atoms with Crippen LogP contribution in [0.25, 0.3) is 0 Å². The van der Waals surface area contributed by atoms with E-state index >= 15 is 0 Å². The van der Waals surface area contributed by atoms with Crippen LogP contribution in [0.15, 0.2) is 42.5 Å². The Morgan fingerprint density at radius 3 is 2.94 bits per heavy atom. The van der Waals surface area contributed by atoms with Crippen LogP contribution < -0.4 is 15.4 Å². The largest absolute Gasteiger partial charge is 0.494 e. The van der Waals surface area contributed by atoms with Crippen molar-refractivity contribution >= 4 is 5.91 Å². The van der Waals surface area contributed by atoms with Gasteiger partial charge in [-0.3, -0.25) is 9.69 Å². The van der Waals surface area contributed by atoms with E-state index in [1.54, 1.807) is 0 Å². The average molecular weight is 434 g/mol. The van der Waals surface area contributed by atoms with Gasteiger partial charge in [0.05, 0.1) is 12.6 Å². The third-order valence-corrected chi connectivity index (χ3v) is 7.56. The first-order valence-electron chi connectivity index (χ1n) is 12.3. The van der Waals surface area contributed by atoms with E-state index in [1.165, 1.54) is 24.0 Å². The number of nitrogens with zero attached hydrogens (tertiary/aromatic N) is 1. The second-order valence-electron chi connectivity index (χ2n) is 9.54. The first-order chi connectivity index (χ1) is 15.6. The highest BCUT2D eigenvalue weighted by Gasteiger charge is 2.41. The van der Waals surface area contributed by atoms with Crippen LogP contribution in [0.1, 0.15) is 72.2 Å². The van der Waals surface area contributed by atoms with Crippen LogP contribution in [0.4, 0.5) is 0 Å². The lowest BCUT2D eigenvalue weighted by atomic mass is 9.76. The third kappa shape index (κ3) is 4.16. The van der Waals surface area contributed by atoms with E-state index in [9.17, 15) is 4.79 Å². The summed E-state index contributed by atoms with van der Waals surface area (Å²) in [4.78, 5) is 16.2. The molecule has 5 rings (SSSR count). The molecule has 0 aliphatic carbocycles. The van der Waals surface area contributed by atoms with Crippen LogP contribution in [-0.4, -0.2) is 43.1 Å². The van der Waals surface area contributed by atoms with E-state index in [0.717, 1.165) is 55.3 Å². The van der Waals surface area contributed by atoms with Gasteiger partial charge in [0, 0.05) is 30.7 Å². The van der Waals surface area contributed by atoms with Gasteiger partial charge in [0.1, 0.15) is 5.75 Å². The first kappa shape index (κ1) is 21.5. The van der Waals surface area contributed by atoms with E-state index in [0.29, 0.717) is 18.7 Å². The molecule has 3 aliphatic heterocycles. The molecule has 1 amide bonds. The standard InChI is InChI=1S/C27H35N3O2/c1-3-32-22-14-20-11-13-30-17-21-10-7-12-28-24(21)16-25(30)26(20)23(15-22)27(31)29-18(2)19-8-5-4-6-9-19/h4-6,8-9,14-15,18,21,24-25,28H,3,7,10-13,16-17H2,1-2H3,(H,29,31)/t18-,21-,24+,25-/m1/s1. The van der Waals surface area contributed by atoms with Crippen molar-refractivity contribution < 1.29 is 9.53 Å². The number of ether oxygens (including phenoxy) is 1. The molecule has 5 nitrogen and oxygen atoms in total. The van der Waals surface area contributed by atoms with Crippen molar-refractivity contribution in [2.45, 2.75) is 57.7 Å². The molecule has 2 saturated heterocycles. The van der Waals surface area contributed by atoms with Crippen molar-refractivity contribution in [2.24, 2.45) is 5.92 Å². The first-order valence-corrected chi connectivity index (χ1v) is 12.3. The second-order valence-corrected chi connectivity index (χ2v) is 9.54. The fourth-order valence-corrected chi connectivity index (χ4v) is 5.97. The van der Waals surface area contributed by atoms with Crippen molar-refractivity contribution in [3.05, 3.63) is 64.7 Å². The topological polar surface area (TPSA) is 53.6 Å². The number of piperidine rings is 2. The maximum atomic E-state index is 13.6. The summed E-state index contributed by atoms with van der Waals surface area (Å²) < 4.78 is 5.87. The maximum absolute atomic E-state index is 13.6. The summed E-state index contributed by atoms with van der Waals surface area (Å²) in [6.07, 6.45) is 4.66. The van der Waals surface area contributed by atoms with Gasteiger partial charge in [-0.1, -0.05) is 30.3 Å². The summed E-state index contributed by atoms with van der Waals surface area (Å²) >= 11 is 0. The van der Waals surface area contributed by atoms with E-state index in [2.05, 4.69) is 40.7 Å². The number of amides is 1. The molecular weight excluding hydrogens is 398 g/mol. The lowest BCUT2D eigenvalue weighted by molar-refractivity contribution is 0.0542. The molecule has 32 heavy (non-hydrogen) atoms. The molecule has 5 heteroatoms. The smallest absolute Gasteiger partial charge is 0.252 e. The molecule has 0 radical (unpaired) electrons. The minimum absolute atomic E-state index is 0.000247. The molecule has 0 unspecified atom stereocenters. The fourth-order valence-electron chi connectivity index (χ4n) is 5.97. The maximum Gasteiger partial charge on any atom is 0.252 e. The van der Waals surface area contributed by atoms with Gasteiger partial charge in [0.2, 0.25) is 0 Å². The van der Waals surface area contributed by atoms with Gasteiger partial charge in [0.25, 0.3) is 5.91 Å². The SMILES string of the molecule is CCOc1cc2c(c(C(=O)N[C@H](C)c3ccccc3)c1)[C@H]1C[C@@H]3NCCC[C@@H]3CN1CC2. The van der Waals surface area contributed by atoms with Gasteiger partial charge in [-0.15, -0.1) is 0 Å². The van der Waals surface area contributed by atoms with Gasteiger partial charge in [-0.2, -0.15) is 0 Å². The number of fused-ring (bicyclic) bond motifs is 4. The summed E-state index contributed by atoms with van der Waals surface area (Å²) in [7, 11) is 0. The van der Waals surface area contributed by atoms with Crippen LogP contribution in [0.3, 0.4) is 0 Å². The predicted octanol–water partition coefficient (Wildman–Crippen LogP) is 4.25. The van der Waals surface area contributed by atoms with Gasteiger partial charge in [0.15, 0.2) is 0 Å². The van der Waals surface area contributed by atoms with Crippen LogP contribution in [0, 0.1) is 5.92 Å². The molecule has 2 aromatic carbocycles. The molecule has 0 spiro atoms. The highest BCUT2D eigenvalue weighted by molar-refractivity contribution is 5.97. The zero-order valence-electron chi connectivity index (χ0n) is 19.3. The molecule has 3 heterocycles. The van der Waals surface area contributed by atoms with E-state index in [-0.39, 0.29) is 11.9 Å². The zero-order valence-corrected chi connectivity index (χ0v) is 19.3. The zero-order chi connectivity index (χ0) is 22.1. The number of benzene rings is 2. The average Bonchev–Trinajstić information content (AvgIpc) is 2.82. The molecule has 0 bridgehead atoms. The Labute approximate surface area is 191 Å². The van der Waals surface area contributed by atoms with Crippen molar-refractivity contribution in [1.82, 2.24) is 15.5 Å². The highest BCUT2D eigenvalue weighted by atomic mass is 16.5. The summed E-state index contributed by atoms with van der Waals surface area (Å²) in [6.45, 7) is 7.97. The number of carbonyl (C=O) groups excluding carboxylic acids is 1. The quantitative estimate of drug-likeness (QED) is 0.740. The number of hydrogen-bond acceptors (Lipinski definition) is 4. The Morgan fingerprint density at radius 1 is 1.28 bits per heavy atom. The van der Waals surface area contributed by atoms with E-state index in [1.807, 2.05) is 31.2 Å². The fraction of sp³-hybridized carbons (Fsp3) is 0.519. The summed E-state index contributed by atoms with van der Waals surface area (Å²) in [5.41, 5.74) is 4.41. The van der Waals surface area contributed by atoms with Gasteiger partial charge < -0.3 is 15.4 Å². The van der Waals surface area contributed by atoms with Crippen molar-refractivity contribution in [1.29, 1.82) is 0 Å². The Kier molecular flexibility index (Phi) is 6.20. The Morgan fingerprint density at radius 2 is 2.12 bits per heavy atom. The lowest BCUT2D eigenvalue weighted by Gasteiger charge is -2.49. The molecule has 2 aromatic rings. The minimum Gasteiger partial charge on any atom is -0.494 e. The van der Waals surface area contributed by atoms with E-state index < -0.39 is 0 Å². The molecule has 2 fully saturated rings. The summed E-state index contributed by atoms with van der Waals surface area (Å²) in [5.74, 6) is 1.54. The Bertz CT molecular complexity index is 961. The van der Waals surface area contributed by atoms with Crippen LogP contribution in [-0.2, 0) is 6.42 Å². The monoisotopic (exact) mass is 433 g/mol. The number of nitrogens with one attached hydrogen (secondary N) is 2. The number of carbonyl (C=O) groups is 1. The molecule has 0 aromatic heterocycles. The second kappa shape index (κ2) is 9.24. The summed E-state index contributed by atoms with van der Waals surface area (Å²) in [5, 5.41) is 7.02. The van der Waals surface area contributed by atoms with Gasteiger partial charge >= 0.3 is 0 Å². The normalized spacial score (nSPS) is 25.8. The van der Waals surface area contributed by atoms with Gasteiger partial charge in [-0.25, -0.2) is 0 Å². The summed E-state index contributed by atoms with van der Waals surface area (Å²) in [6, 6.07) is 15.1. The molecule has 0 saturated carbocycles. The van der Waals surface area contributed by atoms with Crippen molar-refractivity contribution in [3.8, 4) is 5.75 Å². The third-order valence-electron chi connectivity index (χ3n) is 7.56. The molecule has 170 valence electrons. The molecular formula is C27H35N3O2. The predicted molar refractivity (Wildman–Crippen MR) is 127 cm³/mol.